The molecule has 2 atom stereocenters. The van der Waals surface area contributed by atoms with Crippen LogP contribution in [0.2, 0.25) is 0 Å². The average Bonchev–Trinajstić information content (AvgIpc) is 2.96. The highest BCUT2D eigenvalue weighted by molar-refractivity contribution is 5.91. The predicted molar refractivity (Wildman–Crippen MR) is 90.4 cm³/mol. The molecule has 2 aliphatic carbocycles. The largest absolute Gasteiger partial charge is 0.485 e. The molecule has 108 valence electrons. The van der Waals surface area contributed by atoms with E-state index >= 15 is 0 Å². The summed E-state index contributed by atoms with van der Waals surface area (Å²) in [6.45, 7) is 2.17. The first-order valence-corrected chi connectivity index (χ1v) is 8.09. The molecule has 1 heterocycles. The van der Waals surface area contributed by atoms with Crippen LogP contribution >= 0.6 is 0 Å². The zero-order valence-electron chi connectivity index (χ0n) is 12.7. The predicted octanol–water partition coefficient (Wildman–Crippen LogP) is 5.21. The normalized spacial score (nSPS) is 25.0. The number of hydrogen-bond donors (Lipinski definition) is 0. The topological polar surface area (TPSA) is 9.23 Å². The van der Waals surface area contributed by atoms with Crippen molar-refractivity contribution in [1.82, 2.24) is 0 Å². The molecule has 2 unspecified atom stereocenters. The van der Waals surface area contributed by atoms with Gasteiger partial charge >= 0.3 is 0 Å². The molecule has 0 N–H and O–H groups in total. The Morgan fingerprint density at radius 1 is 1.14 bits per heavy atom. The van der Waals surface area contributed by atoms with Gasteiger partial charge in [-0.3, -0.25) is 0 Å². The fraction of sp³-hybridized carbons (Fsp3) is 0.238. The SMILES string of the molecule is Cc1cc2ccccc2c2c1OC1C=CC3=C(C=CCC3)C21. The van der Waals surface area contributed by atoms with Crippen molar-refractivity contribution in [2.75, 3.05) is 0 Å². The molecule has 1 nitrogen and oxygen atoms in total. The van der Waals surface area contributed by atoms with Crippen LogP contribution in [-0.4, -0.2) is 6.10 Å². The molecule has 1 aliphatic heterocycles. The lowest BCUT2D eigenvalue weighted by Gasteiger charge is -2.26. The summed E-state index contributed by atoms with van der Waals surface area (Å²) < 4.78 is 6.34. The standard InChI is InChI=1S/C21H18O/c1-13-12-15-7-3-5-9-17(15)20-19-16-8-4-2-6-14(16)10-11-18(19)22-21(13)20/h3-5,7-12,18-19H,2,6H2,1H3. The molecule has 0 spiro atoms. The van der Waals surface area contributed by atoms with Gasteiger partial charge in [-0.2, -0.15) is 0 Å². The number of rotatable bonds is 0. The molecule has 0 amide bonds. The zero-order valence-corrected chi connectivity index (χ0v) is 12.7. The van der Waals surface area contributed by atoms with Gasteiger partial charge in [0.25, 0.3) is 0 Å². The Morgan fingerprint density at radius 2 is 2.05 bits per heavy atom. The molecule has 2 aromatic rings. The summed E-state index contributed by atoms with van der Waals surface area (Å²) in [6, 6.07) is 11.0. The number of fused-ring (bicyclic) bond motifs is 6. The van der Waals surface area contributed by atoms with Gasteiger partial charge in [0.2, 0.25) is 0 Å². The van der Waals surface area contributed by atoms with Crippen LogP contribution in [0.1, 0.15) is 29.9 Å². The molecule has 0 radical (unpaired) electrons. The second kappa shape index (κ2) is 4.36. The average molecular weight is 286 g/mol. The van der Waals surface area contributed by atoms with Gasteiger partial charge in [0.15, 0.2) is 0 Å². The van der Waals surface area contributed by atoms with Crippen LogP contribution in [0.25, 0.3) is 10.8 Å². The van der Waals surface area contributed by atoms with Gasteiger partial charge in [0.05, 0.1) is 5.92 Å². The first kappa shape index (κ1) is 12.3. The van der Waals surface area contributed by atoms with Gasteiger partial charge in [-0.25, -0.2) is 0 Å². The Labute approximate surface area is 130 Å². The lowest BCUT2D eigenvalue weighted by atomic mass is 9.77. The Kier molecular flexibility index (Phi) is 2.43. The fourth-order valence-electron chi connectivity index (χ4n) is 4.21. The molecule has 22 heavy (non-hydrogen) atoms. The van der Waals surface area contributed by atoms with E-state index in [1.54, 1.807) is 0 Å². The van der Waals surface area contributed by atoms with Gasteiger partial charge in [0.1, 0.15) is 11.9 Å². The minimum Gasteiger partial charge on any atom is -0.485 e. The van der Waals surface area contributed by atoms with Gasteiger partial charge in [-0.05, 0) is 59.4 Å². The van der Waals surface area contributed by atoms with Crippen molar-refractivity contribution < 1.29 is 4.74 Å². The number of aryl methyl sites for hydroxylation is 1. The van der Waals surface area contributed by atoms with E-state index in [4.69, 9.17) is 4.74 Å². The first-order valence-electron chi connectivity index (χ1n) is 8.09. The second-order valence-corrected chi connectivity index (χ2v) is 6.50. The summed E-state index contributed by atoms with van der Waals surface area (Å²) in [5.74, 6) is 1.46. The van der Waals surface area contributed by atoms with Crippen molar-refractivity contribution in [2.24, 2.45) is 0 Å². The van der Waals surface area contributed by atoms with E-state index in [1.165, 1.54) is 33.0 Å². The molecule has 2 aromatic carbocycles. The van der Waals surface area contributed by atoms with Gasteiger partial charge in [0, 0.05) is 5.56 Å². The third-order valence-electron chi connectivity index (χ3n) is 5.19. The van der Waals surface area contributed by atoms with Crippen LogP contribution in [0.15, 0.2) is 65.8 Å². The summed E-state index contributed by atoms with van der Waals surface area (Å²) in [5.41, 5.74) is 5.60. The Balaban J connectivity index is 1.83. The Morgan fingerprint density at radius 3 is 3.00 bits per heavy atom. The number of benzene rings is 2. The lowest BCUT2D eigenvalue weighted by Crippen LogP contribution is -2.22. The summed E-state index contributed by atoms with van der Waals surface area (Å²) in [6.07, 6.45) is 11.6. The quantitative estimate of drug-likeness (QED) is 0.646. The maximum atomic E-state index is 6.34. The lowest BCUT2D eigenvalue weighted by molar-refractivity contribution is 0.263. The summed E-state index contributed by atoms with van der Waals surface area (Å²) in [4.78, 5) is 0. The highest BCUT2D eigenvalue weighted by Gasteiger charge is 2.39. The van der Waals surface area contributed by atoms with Crippen molar-refractivity contribution >= 4 is 10.8 Å². The molecule has 3 aliphatic rings. The third kappa shape index (κ3) is 1.54. The van der Waals surface area contributed by atoms with Crippen LogP contribution in [0.5, 0.6) is 5.75 Å². The van der Waals surface area contributed by atoms with Gasteiger partial charge in [-0.15, -0.1) is 0 Å². The number of allylic oxidation sites excluding steroid dienone is 4. The van der Waals surface area contributed by atoms with E-state index in [1.807, 2.05) is 0 Å². The zero-order chi connectivity index (χ0) is 14.7. The summed E-state index contributed by atoms with van der Waals surface area (Å²) in [5, 5.41) is 2.66. The molecular formula is C21H18O. The van der Waals surface area contributed by atoms with E-state index in [0.717, 1.165) is 18.6 Å². The van der Waals surface area contributed by atoms with Crippen molar-refractivity contribution in [2.45, 2.75) is 31.8 Å². The van der Waals surface area contributed by atoms with E-state index in [-0.39, 0.29) is 6.10 Å². The number of ether oxygens (including phenoxy) is 1. The summed E-state index contributed by atoms with van der Waals surface area (Å²) >= 11 is 0. The second-order valence-electron chi connectivity index (χ2n) is 6.50. The van der Waals surface area contributed by atoms with Crippen molar-refractivity contribution in [1.29, 1.82) is 0 Å². The molecule has 1 heteroatoms. The smallest absolute Gasteiger partial charge is 0.128 e. The monoisotopic (exact) mass is 286 g/mol. The minimum atomic E-state index is 0.154. The molecular weight excluding hydrogens is 268 g/mol. The molecule has 0 aromatic heterocycles. The summed E-state index contributed by atoms with van der Waals surface area (Å²) in [7, 11) is 0. The van der Waals surface area contributed by atoms with Crippen LogP contribution < -0.4 is 4.74 Å². The molecule has 0 saturated heterocycles. The van der Waals surface area contributed by atoms with Crippen molar-refractivity contribution in [3.05, 3.63) is 76.9 Å². The van der Waals surface area contributed by atoms with Crippen LogP contribution in [-0.2, 0) is 0 Å². The number of hydrogen-bond acceptors (Lipinski definition) is 1. The maximum Gasteiger partial charge on any atom is 0.128 e. The van der Waals surface area contributed by atoms with Crippen LogP contribution in [0, 0.1) is 6.92 Å². The van der Waals surface area contributed by atoms with E-state index in [2.05, 4.69) is 61.6 Å². The van der Waals surface area contributed by atoms with E-state index in [0.29, 0.717) is 5.92 Å². The van der Waals surface area contributed by atoms with E-state index < -0.39 is 0 Å². The van der Waals surface area contributed by atoms with Gasteiger partial charge in [-0.1, -0.05) is 42.5 Å². The fourth-order valence-corrected chi connectivity index (χ4v) is 4.21. The molecule has 0 fully saturated rings. The van der Waals surface area contributed by atoms with Crippen molar-refractivity contribution in [3.8, 4) is 5.75 Å². The molecule has 0 saturated carbocycles. The Hall–Kier alpha value is -2.28. The van der Waals surface area contributed by atoms with E-state index in [9.17, 15) is 0 Å². The minimum absolute atomic E-state index is 0.154. The third-order valence-corrected chi connectivity index (χ3v) is 5.19. The Bertz CT molecular complexity index is 882. The van der Waals surface area contributed by atoms with Crippen LogP contribution in [0.3, 0.4) is 0 Å². The van der Waals surface area contributed by atoms with Crippen LogP contribution in [0.4, 0.5) is 0 Å². The molecule has 5 rings (SSSR count). The highest BCUT2D eigenvalue weighted by Crippen LogP contribution is 2.51. The molecule has 0 bridgehead atoms. The van der Waals surface area contributed by atoms with Gasteiger partial charge < -0.3 is 4.74 Å². The highest BCUT2D eigenvalue weighted by atomic mass is 16.5. The maximum absolute atomic E-state index is 6.34. The first-order chi connectivity index (χ1) is 10.8. The van der Waals surface area contributed by atoms with Crippen molar-refractivity contribution in [3.63, 3.8) is 0 Å².